The SMILES string of the molecule is CC/C=C\C/C=C\C/C=C\C/C=C\C/C=C\C/C=C\C/C=C\CCCC(=O)OC(COC(=O)CCCCCCC/C=C\C/C=C\CCCC)COC(=O)CCCCCCCC/C=C\C/C=C\C/C=C\C/C=C\C/C=C\C/C=C\CC. The van der Waals surface area contributed by atoms with Gasteiger partial charge in [-0.25, -0.2) is 0 Å². The van der Waals surface area contributed by atoms with Crippen molar-refractivity contribution in [2.24, 2.45) is 0 Å². The molecule has 0 aliphatic rings. The highest BCUT2D eigenvalue weighted by atomic mass is 16.6. The van der Waals surface area contributed by atoms with Gasteiger partial charge in [0.2, 0.25) is 0 Å². The van der Waals surface area contributed by atoms with Crippen LogP contribution in [-0.2, 0) is 28.6 Å². The first-order chi connectivity index (χ1) is 39.5. The molecule has 0 aromatic heterocycles. The molecule has 0 aliphatic heterocycles. The number of allylic oxidation sites excluding steroid dienone is 30. The summed E-state index contributed by atoms with van der Waals surface area (Å²) in [5.74, 6) is -1.02. The Hall–Kier alpha value is -5.49. The lowest BCUT2D eigenvalue weighted by Crippen LogP contribution is -2.30. The zero-order valence-corrected chi connectivity index (χ0v) is 51.0. The highest BCUT2D eigenvalue weighted by Crippen LogP contribution is 2.13. The molecule has 0 saturated heterocycles. The highest BCUT2D eigenvalue weighted by Gasteiger charge is 2.19. The number of carbonyl (C=O) groups excluding carboxylic acids is 3. The van der Waals surface area contributed by atoms with Crippen LogP contribution in [0, 0.1) is 0 Å². The van der Waals surface area contributed by atoms with Crippen molar-refractivity contribution in [1.82, 2.24) is 0 Å². The van der Waals surface area contributed by atoms with Crippen LogP contribution in [0.4, 0.5) is 0 Å². The molecule has 446 valence electrons. The van der Waals surface area contributed by atoms with Crippen molar-refractivity contribution in [3.63, 3.8) is 0 Å². The molecule has 0 aromatic rings. The van der Waals surface area contributed by atoms with Gasteiger partial charge >= 0.3 is 17.9 Å². The number of ether oxygens (including phenoxy) is 3. The maximum atomic E-state index is 12.9. The van der Waals surface area contributed by atoms with E-state index in [2.05, 4.69) is 203 Å². The van der Waals surface area contributed by atoms with Gasteiger partial charge in [-0.3, -0.25) is 14.4 Å². The van der Waals surface area contributed by atoms with Crippen LogP contribution in [0.1, 0.15) is 245 Å². The van der Waals surface area contributed by atoms with Crippen molar-refractivity contribution in [2.45, 2.75) is 252 Å². The number of rotatable bonds is 55. The molecular weight excluding hydrogens is 985 g/mol. The lowest BCUT2D eigenvalue weighted by atomic mass is 10.1. The van der Waals surface area contributed by atoms with Crippen molar-refractivity contribution < 1.29 is 28.6 Å². The topological polar surface area (TPSA) is 78.9 Å². The maximum Gasteiger partial charge on any atom is 0.306 e. The smallest absolute Gasteiger partial charge is 0.306 e. The van der Waals surface area contributed by atoms with E-state index in [0.29, 0.717) is 19.3 Å². The Kier molecular flexibility index (Phi) is 61.5. The van der Waals surface area contributed by atoms with E-state index in [-0.39, 0.29) is 37.5 Å². The Balaban J connectivity index is 4.54. The standard InChI is InChI=1S/C74H114O6/c1-4-7-10-13-16-19-22-25-28-30-32-34-36-37-39-40-42-44-46-49-52-55-58-61-64-67-73(76)79-70-71(69-78-72(75)66-63-60-57-54-51-48-27-24-21-18-15-12-9-6-3)80-74(77)68-65-62-59-56-53-50-47-45-43-41-38-35-33-31-29-26-23-20-17-14-11-8-5-2/h7-8,10-11,15-20,24-29,32-35,37,39,41-44,47,50,56,59,71H,4-6,9,12-14,21-23,30-31,36,38,40,45-46,48-49,51-55,57-58,60-70H2,1-3H3/b10-7-,11-8-,18-15-,19-16-,20-17-,27-24-,28-25-,29-26-,34-32-,35-33-,39-37-,43-41-,44-42-,50-47-,59-56-. The molecule has 0 saturated carbocycles. The average Bonchev–Trinajstić information content (AvgIpc) is 3.46. The third-order valence-corrected chi connectivity index (χ3v) is 12.6. The minimum Gasteiger partial charge on any atom is -0.462 e. The van der Waals surface area contributed by atoms with Crippen LogP contribution in [0.25, 0.3) is 0 Å². The second-order valence-corrected chi connectivity index (χ2v) is 20.2. The fourth-order valence-electron chi connectivity index (χ4n) is 7.92. The lowest BCUT2D eigenvalue weighted by molar-refractivity contribution is -0.167. The highest BCUT2D eigenvalue weighted by molar-refractivity contribution is 5.71. The average molecular weight is 1100 g/mol. The van der Waals surface area contributed by atoms with Crippen LogP contribution in [0.2, 0.25) is 0 Å². The van der Waals surface area contributed by atoms with E-state index in [1.807, 2.05) is 0 Å². The number of esters is 3. The Morgan fingerprint density at radius 2 is 0.500 bits per heavy atom. The van der Waals surface area contributed by atoms with Gasteiger partial charge in [0, 0.05) is 19.3 Å². The van der Waals surface area contributed by atoms with Gasteiger partial charge in [-0.05, 0) is 148 Å². The van der Waals surface area contributed by atoms with Crippen molar-refractivity contribution >= 4 is 17.9 Å². The van der Waals surface area contributed by atoms with Crippen LogP contribution in [0.15, 0.2) is 182 Å². The summed E-state index contributed by atoms with van der Waals surface area (Å²) in [5.41, 5.74) is 0. The Morgan fingerprint density at radius 3 is 0.800 bits per heavy atom. The van der Waals surface area contributed by atoms with Crippen molar-refractivity contribution in [2.75, 3.05) is 13.2 Å². The summed E-state index contributed by atoms with van der Waals surface area (Å²) in [7, 11) is 0. The molecule has 1 atom stereocenters. The van der Waals surface area contributed by atoms with Crippen LogP contribution in [0.5, 0.6) is 0 Å². The molecule has 0 aromatic carbocycles. The van der Waals surface area contributed by atoms with Gasteiger partial charge in [-0.1, -0.05) is 261 Å². The summed E-state index contributed by atoms with van der Waals surface area (Å²) in [6.07, 6.45) is 98.9. The van der Waals surface area contributed by atoms with Gasteiger partial charge in [0.25, 0.3) is 0 Å². The summed E-state index contributed by atoms with van der Waals surface area (Å²) >= 11 is 0. The van der Waals surface area contributed by atoms with Gasteiger partial charge in [0.1, 0.15) is 13.2 Å². The molecule has 0 amide bonds. The molecule has 6 nitrogen and oxygen atoms in total. The van der Waals surface area contributed by atoms with Crippen LogP contribution >= 0.6 is 0 Å². The normalized spacial score (nSPS) is 13.4. The molecule has 0 aliphatic carbocycles. The second-order valence-electron chi connectivity index (χ2n) is 20.2. The monoisotopic (exact) mass is 1100 g/mol. The van der Waals surface area contributed by atoms with Crippen LogP contribution in [-0.4, -0.2) is 37.2 Å². The van der Waals surface area contributed by atoms with Crippen LogP contribution in [0.3, 0.4) is 0 Å². The first kappa shape index (κ1) is 74.5. The molecular formula is C74H114O6. The molecule has 1 unspecified atom stereocenters. The van der Waals surface area contributed by atoms with Crippen LogP contribution < -0.4 is 0 Å². The lowest BCUT2D eigenvalue weighted by Gasteiger charge is -2.18. The van der Waals surface area contributed by atoms with Gasteiger partial charge in [0.05, 0.1) is 0 Å². The number of hydrogen-bond acceptors (Lipinski definition) is 6. The summed E-state index contributed by atoms with van der Waals surface area (Å²) < 4.78 is 16.8. The first-order valence-electron chi connectivity index (χ1n) is 31.8. The molecule has 0 heterocycles. The zero-order chi connectivity index (χ0) is 57.8. The number of unbranched alkanes of at least 4 members (excludes halogenated alkanes) is 14. The predicted octanol–water partition coefficient (Wildman–Crippen LogP) is 22.0. The van der Waals surface area contributed by atoms with E-state index in [9.17, 15) is 14.4 Å². The summed E-state index contributed by atoms with van der Waals surface area (Å²) in [4.78, 5) is 38.3. The largest absolute Gasteiger partial charge is 0.462 e. The van der Waals surface area contributed by atoms with E-state index in [1.54, 1.807) is 0 Å². The molecule has 0 bridgehead atoms. The number of carbonyl (C=O) groups is 3. The van der Waals surface area contributed by atoms with E-state index in [0.717, 1.165) is 167 Å². The summed E-state index contributed by atoms with van der Waals surface area (Å²) in [5, 5.41) is 0. The third-order valence-electron chi connectivity index (χ3n) is 12.6. The summed E-state index contributed by atoms with van der Waals surface area (Å²) in [6.45, 7) is 6.29. The molecule has 0 N–H and O–H groups in total. The van der Waals surface area contributed by atoms with Gasteiger partial charge < -0.3 is 14.2 Å². The van der Waals surface area contributed by atoms with Gasteiger partial charge in [0.15, 0.2) is 6.10 Å². The van der Waals surface area contributed by atoms with Crippen molar-refractivity contribution in [3.05, 3.63) is 182 Å². The fraction of sp³-hybridized carbons (Fsp3) is 0.554. The molecule has 0 rings (SSSR count). The molecule has 0 fully saturated rings. The van der Waals surface area contributed by atoms with Crippen molar-refractivity contribution in [1.29, 1.82) is 0 Å². The van der Waals surface area contributed by atoms with E-state index in [4.69, 9.17) is 14.2 Å². The molecule has 0 spiro atoms. The van der Waals surface area contributed by atoms with E-state index >= 15 is 0 Å². The Bertz CT molecular complexity index is 1890. The molecule has 80 heavy (non-hydrogen) atoms. The van der Waals surface area contributed by atoms with Gasteiger partial charge in [-0.15, -0.1) is 0 Å². The summed E-state index contributed by atoms with van der Waals surface area (Å²) in [6, 6.07) is 0. The molecule has 0 radical (unpaired) electrons. The minimum absolute atomic E-state index is 0.123. The second kappa shape index (κ2) is 66.0. The third kappa shape index (κ3) is 63.3. The number of hydrogen-bond donors (Lipinski definition) is 0. The van der Waals surface area contributed by atoms with E-state index in [1.165, 1.54) is 32.1 Å². The fourth-order valence-corrected chi connectivity index (χ4v) is 7.92. The van der Waals surface area contributed by atoms with Crippen molar-refractivity contribution in [3.8, 4) is 0 Å². The quantitative estimate of drug-likeness (QED) is 0.0261. The predicted molar refractivity (Wildman–Crippen MR) is 348 cm³/mol. The zero-order valence-electron chi connectivity index (χ0n) is 51.0. The Labute approximate surface area is 491 Å². The minimum atomic E-state index is -0.833. The Morgan fingerprint density at radius 1 is 0.263 bits per heavy atom. The van der Waals surface area contributed by atoms with Gasteiger partial charge in [-0.2, -0.15) is 0 Å². The van der Waals surface area contributed by atoms with E-state index < -0.39 is 6.10 Å². The molecule has 6 heteroatoms. The first-order valence-corrected chi connectivity index (χ1v) is 31.8. The maximum absolute atomic E-state index is 12.9.